The molecule has 2 N–H and O–H groups in total. The topological polar surface area (TPSA) is 64.2 Å². The monoisotopic (exact) mass is 244 g/mol. The summed E-state index contributed by atoms with van der Waals surface area (Å²) < 4.78 is 1.38. The fourth-order valence-corrected chi connectivity index (χ4v) is 1.70. The van der Waals surface area contributed by atoms with Crippen molar-refractivity contribution in [2.75, 3.05) is 25.0 Å². The molecule has 0 bridgehead atoms. The van der Waals surface area contributed by atoms with Crippen LogP contribution in [0.5, 0.6) is 0 Å². The second kappa shape index (κ2) is 5.86. The van der Waals surface area contributed by atoms with Gasteiger partial charge in [-0.05, 0) is 6.42 Å². The summed E-state index contributed by atoms with van der Waals surface area (Å²) in [5.74, 6) is 0. The van der Waals surface area contributed by atoms with Crippen LogP contribution in [0.15, 0.2) is 11.0 Å². The van der Waals surface area contributed by atoms with E-state index in [9.17, 15) is 4.79 Å². The molecule has 1 aromatic rings. The standard InChI is InChI=1S/C10H17ClN4O/c1-3-5-15-10(16)9(11)8(7-13-15)14(2)6-4-12/h7H,3-6,12H2,1-2H3. The Morgan fingerprint density at radius 3 is 2.88 bits per heavy atom. The van der Waals surface area contributed by atoms with Crippen LogP contribution < -0.4 is 16.2 Å². The van der Waals surface area contributed by atoms with Crippen LogP contribution in [-0.4, -0.2) is 29.9 Å². The Kier molecular flexibility index (Phi) is 4.76. The third-order valence-electron chi connectivity index (χ3n) is 2.28. The zero-order valence-corrected chi connectivity index (χ0v) is 10.4. The first-order valence-corrected chi connectivity index (χ1v) is 5.66. The van der Waals surface area contributed by atoms with Gasteiger partial charge < -0.3 is 10.6 Å². The zero-order valence-electron chi connectivity index (χ0n) is 9.61. The van der Waals surface area contributed by atoms with Gasteiger partial charge in [-0.15, -0.1) is 0 Å². The van der Waals surface area contributed by atoms with Crippen molar-refractivity contribution in [3.63, 3.8) is 0 Å². The molecule has 1 rings (SSSR count). The van der Waals surface area contributed by atoms with Crippen LogP contribution in [0.4, 0.5) is 5.69 Å². The lowest BCUT2D eigenvalue weighted by molar-refractivity contribution is 0.567. The molecule has 1 heterocycles. The van der Waals surface area contributed by atoms with E-state index in [1.165, 1.54) is 4.68 Å². The van der Waals surface area contributed by atoms with Gasteiger partial charge >= 0.3 is 0 Å². The summed E-state index contributed by atoms with van der Waals surface area (Å²) >= 11 is 6.01. The Morgan fingerprint density at radius 1 is 1.62 bits per heavy atom. The summed E-state index contributed by atoms with van der Waals surface area (Å²) in [5.41, 5.74) is 5.83. The van der Waals surface area contributed by atoms with Gasteiger partial charge in [0.2, 0.25) is 0 Å². The maximum atomic E-state index is 11.8. The Hall–Kier alpha value is -1.07. The second-order valence-electron chi connectivity index (χ2n) is 3.58. The molecule has 0 spiro atoms. The zero-order chi connectivity index (χ0) is 12.1. The lowest BCUT2D eigenvalue weighted by Gasteiger charge is -2.19. The first-order chi connectivity index (χ1) is 7.61. The van der Waals surface area contributed by atoms with Crippen LogP contribution in [0.1, 0.15) is 13.3 Å². The van der Waals surface area contributed by atoms with Crippen LogP contribution in [-0.2, 0) is 6.54 Å². The van der Waals surface area contributed by atoms with Crippen molar-refractivity contribution in [3.8, 4) is 0 Å². The average molecular weight is 245 g/mol. The van der Waals surface area contributed by atoms with E-state index in [0.717, 1.165) is 6.42 Å². The van der Waals surface area contributed by atoms with Gasteiger partial charge in [-0.3, -0.25) is 4.79 Å². The number of aryl methyl sites for hydroxylation is 1. The maximum Gasteiger partial charge on any atom is 0.287 e. The minimum absolute atomic E-state index is 0.208. The van der Waals surface area contributed by atoms with Gasteiger partial charge in [-0.25, -0.2) is 4.68 Å². The molecular formula is C10H17ClN4O. The smallest absolute Gasteiger partial charge is 0.287 e. The summed E-state index contributed by atoms with van der Waals surface area (Å²) in [6.07, 6.45) is 2.45. The van der Waals surface area contributed by atoms with Crippen molar-refractivity contribution in [2.45, 2.75) is 19.9 Å². The number of hydrogen-bond donors (Lipinski definition) is 1. The third kappa shape index (κ3) is 2.74. The van der Waals surface area contributed by atoms with Gasteiger partial charge in [0.05, 0.1) is 11.9 Å². The maximum absolute atomic E-state index is 11.8. The van der Waals surface area contributed by atoms with E-state index in [2.05, 4.69) is 5.10 Å². The molecule has 16 heavy (non-hydrogen) atoms. The highest BCUT2D eigenvalue weighted by molar-refractivity contribution is 6.33. The molecule has 0 aliphatic rings. The average Bonchev–Trinajstić information content (AvgIpc) is 2.25. The van der Waals surface area contributed by atoms with E-state index in [0.29, 0.717) is 25.3 Å². The van der Waals surface area contributed by atoms with Crippen molar-refractivity contribution >= 4 is 17.3 Å². The van der Waals surface area contributed by atoms with E-state index >= 15 is 0 Å². The molecule has 0 fully saturated rings. The summed E-state index contributed by atoms with van der Waals surface area (Å²) in [5, 5.41) is 4.28. The fraction of sp³-hybridized carbons (Fsp3) is 0.600. The molecule has 0 saturated heterocycles. The van der Waals surface area contributed by atoms with Crippen molar-refractivity contribution in [1.82, 2.24) is 9.78 Å². The lowest BCUT2D eigenvalue weighted by atomic mass is 10.4. The fourth-order valence-electron chi connectivity index (χ4n) is 1.41. The molecule has 5 nitrogen and oxygen atoms in total. The van der Waals surface area contributed by atoms with E-state index < -0.39 is 0 Å². The molecule has 0 amide bonds. The van der Waals surface area contributed by atoms with Gasteiger partial charge in [-0.2, -0.15) is 5.10 Å². The normalized spacial score (nSPS) is 10.5. The van der Waals surface area contributed by atoms with Crippen LogP contribution in [0.25, 0.3) is 0 Å². The van der Waals surface area contributed by atoms with Gasteiger partial charge in [0.1, 0.15) is 5.02 Å². The van der Waals surface area contributed by atoms with Crippen molar-refractivity contribution in [1.29, 1.82) is 0 Å². The van der Waals surface area contributed by atoms with Crippen LogP contribution in [0.2, 0.25) is 5.02 Å². The number of nitrogens with zero attached hydrogens (tertiary/aromatic N) is 3. The number of anilines is 1. The largest absolute Gasteiger partial charge is 0.371 e. The van der Waals surface area contributed by atoms with E-state index in [-0.39, 0.29) is 10.6 Å². The molecule has 6 heteroatoms. The van der Waals surface area contributed by atoms with Crippen molar-refractivity contribution in [3.05, 3.63) is 21.6 Å². The number of halogens is 1. The van der Waals surface area contributed by atoms with Gasteiger partial charge in [-0.1, -0.05) is 18.5 Å². The molecular weight excluding hydrogens is 228 g/mol. The Balaban J connectivity index is 3.06. The van der Waals surface area contributed by atoms with Gasteiger partial charge in [0, 0.05) is 26.7 Å². The van der Waals surface area contributed by atoms with E-state index in [1.807, 2.05) is 18.9 Å². The minimum atomic E-state index is -0.245. The lowest BCUT2D eigenvalue weighted by Crippen LogP contribution is -2.30. The van der Waals surface area contributed by atoms with Crippen molar-refractivity contribution in [2.24, 2.45) is 5.73 Å². The molecule has 0 aromatic carbocycles. The molecule has 0 aliphatic heterocycles. The SMILES string of the molecule is CCCn1ncc(N(C)CCN)c(Cl)c1=O. The highest BCUT2D eigenvalue weighted by Gasteiger charge is 2.11. The first-order valence-electron chi connectivity index (χ1n) is 5.28. The second-order valence-corrected chi connectivity index (χ2v) is 3.96. The molecule has 0 unspecified atom stereocenters. The molecule has 0 radical (unpaired) electrons. The number of rotatable bonds is 5. The predicted molar refractivity (Wildman–Crippen MR) is 66.1 cm³/mol. The number of aromatic nitrogens is 2. The Labute approximate surface area is 99.8 Å². The summed E-state index contributed by atoms with van der Waals surface area (Å²) in [6, 6.07) is 0. The quantitative estimate of drug-likeness (QED) is 0.828. The molecule has 0 atom stereocenters. The molecule has 1 aromatic heterocycles. The first kappa shape index (κ1) is 13.0. The highest BCUT2D eigenvalue weighted by Crippen LogP contribution is 2.18. The summed E-state index contributed by atoms with van der Waals surface area (Å²) in [4.78, 5) is 13.6. The molecule has 0 saturated carbocycles. The minimum Gasteiger partial charge on any atom is -0.371 e. The van der Waals surface area contributed by atoms with E-state index in [4.69, 9.17) is 17.3 Å². The van der Waals surface area contributed by atoms with Gasteiger partial charge in [0.25, 0.3) is 5.56 Å². The Bertz CT molecular complexity index is 404. The van der Waals surface area contributed by atoms with Crippen LogP contribution in [0.3, 0.4) is 0 Å². The van der Waals surface area contributed by atoms with E-state index in [1.54, 1.807) is 6.20 Å². The molecule has 0 aliphatic carbocycles. The number of likely N-dealkylation sites (N-methyl/N-ethyl adjacent to an activating group) is 1. The molecule has 90 valence electrons. The summed E-state index contributed by atoms with van der Waals surface area (Å²) in [7, 11) is 1.83. The highest BCUT2D eigenvalue weighted by atomic mass is 35.5. The Morgan fingerprint density at radius 2 is 2.31 bits per heavy atom. The van der Waals surface area contributed by atoms with Crippen LogP contribution in [0, 0.1) is 0 Å². The van der Waals surface area contributed by atoms with Crippen molar-refractivity contribution < 1.29 is 0 Å². The predicted octanol–water partition coefficient (Wildman–Crippen LogP) is 0.702. The van der Waals surface area contributed by atoms with Crippen LogP contribution >= 0.6 is 11.6 Å². The number of nitrogens with two attached hydrogens (primary N) is 1. The van der Waals surface area contributed by atoms with Gasteiger partial charge in [0.15, 0.2) is 0 Å². The third-order valence-corrected chi connectivity index (χ3v) is 2.63. The summed E-state index contributed by atoms with van der Waals surface area (Å²) in [6.45, 7) is 3.71. The number of hydrogen-bond acceptors (Lipinski definition) is 4.